The lowest BCUT2D eigenvalue weighted by atomic mass is 9.81. The van der Waals surface area contributed by atoms with E-state index in [0.717, 1.165) is 16.7 Å². The van der Waals surface area contributed by atoms with Gasteiger partial charge in [-0.15, -0.1) is 0 Å². The quantitative estimate of drug-likeness (QED) is 0.428. The molecule has 6 rings (SSSR count). The Labute approximate surface area is 196 Å². The zero-order valence-electron chi connectivity index (χ0n) is 18.6. The molecule has 1 unspecified atom stereocenters. The Morgan fingerprint density at radius 1 is 1.18 bits per heavy atom. The molecule has 3 aliphatic heterocycles. The van der Waals surface area contributed by atoms with Gasteiger partial charge >= 0.3 is 0 Å². The van der Waals surface area contributed by atoms with Crippen LogP contribution in [-0.2, 0) is 15.1 Å². The summed E-state index contributed by atoms with van der Waals surface area (Å²) < 4.78 is 32.4. The average molecular weight is 458 g/mol. The van der Waals surface area contributed by atoms with Crippen molar-refractivity contribution in [1.82, 2.24) is 15.3 Å². The summed E-state index contributed by atoms with van der Waals surface area (Å²) in [5, 5.41) is 3.37. The summed E-state index contributed by atoms with van der Waals surface area (Å²) in [6.45, 7) is 4.27. The molecule has 2 saturated heterocycles. The number of hydrogen-bond acceptors (Lipinski definition) is 7. The highest BCUT2D eigenvalue weighted by molar-refractivity contribution is 5.68. The highest BCUT2D eigenvalue weighted by atomic mass is 19.1. The molecule has 34 heavy (non-hydrogen) atoms. The van der Waals surface area contributed by atoms with E-state index in [4.69, 9.17) is 19.9 Å². The predicted octanol–water partition coefficient (Wildman–Crippen LogP) is 2.92. The number of nitrogens with two attached hydrogens (primary N) is 1. The average Bonchev–Trinajstić information content (AvgIpc) is 2.82. The largest absolute Gasteiger partial charge is 0.438 e. The molecule has 3 aromatic rings. The van der Waals surface area contributed by atoms with Crippen LogP contribution in [0.15, 0.2) is 48.8 Å². The first-order valence-corrected chi connectivity index (χ1v) is 11.1. The molecule has 0 bridgehead atoms. The first-order valence-electron chi connectivity index (χ1n) is 11.1. The molecule has 172 valence electrons. The fourth-order valence-corrected chi connectivity index (χ4v) is 4.60. The van der Waals surface area contributed by atoms with Gasteiger partial charge in [-0.2, -0.15) is 4.39 Å². The third-order valence-electron chi connectivity index (χ3n) is 6.40. The Kier molecular flexibility index (Phi) is 4.90. The first kappa shape index (κ1) is 21.2. The highest BCUT2D eigenvalue weighted by Gasteiger charge is 2.47. The number of benzene rings is 1. The van der Waals surface area contributed by atoms with Gasteiger partial charge in [0.05, 0.1) is 24.2 Å². The Morgan fingerprint density at radius 2 is 2.06 bits per heavy atom. The number of pyridine rings is 2. The maximum absolute atomic E-state index is 14.5. The van der Waals surface area contributed by atoms with Crippen LogP contribution in [0.3, 0.4) is 0 Å². The number of nitrogens with zero attached hydrogens (tertiary/aromatic N) is 2. The normalized spacial score (nSPS) is 24.1. The van der Waals surface area contributed by atoms with E-state index in [9.17, 15) is 4.39 Å². The van der Waals surface area contributed by atoms with Crippen LogP contribution in [0.25, 0.3) is 11.1 Å². The number of aromatic nitrogens is 2. The number of rotatable bonds is 1. The van der Waals surface area contributed by atoms with Gasteiger partial charge in [0.15, 0.2) is 0 Å². The van der Waals surface area contributed by atoms with Gasteiger partial charge in [0.2, 0.25) is 11.8 Å². The van der Waals surface area contributed by atoms with Crippen molar-refractivity contribution in [3.05, 3.63) is 71.4 Å². The zero-order chi connectivity index (χ0) is 23.3. The molecule has 0 aliphatic carbocycles. The van der Waals surface area contributed by atoms with Crippen LogP contribution < -0.4 is 15.8 Å². The third kappa shape index (κ3) is 3.45. The summed E-state index contributed by atoms with van der Waals surface area (Å²) in [5.41, 5.74) is 8.42. The van der Waals surface area contributed by atoms with E-state index in [1.54, 1.807) is 30.5 Å². The summed E-state index contributed by atoms with van der Waals surface area (Å²) >= 11 is 0. The van der Waals surface area contributed by atoms with Crippen molar-refractivity contribution in [1.29, 1.82) is 0 Å². The van der Waals surface area contributed by atoms with Crippen LogP contribution in [0.2, 0.25) is 0 Å². The number of hydrogen-bond donors (Lipinski definition) is 2. The van der Waals surface area contributed by atoms with Gasteiger partial charge < -0.3 is 25.3 Å². The zero-order valence-corrected chi connectivity index (χ0v) is 18.6. The summed E-state index contributed by atoms with van der Waals surface area (Å²) in [6.07, 6.45) is 2.57. The minimum Gasteiger partial charge on any atom is -0.438 e. The van der Waals surface area contributed by atoms with Crippen LogP contribution in [-0.4, -0.2) is 42.5 Å². The monoisotopic (exact) mass is 458 g/mol. The first-order chi connectivity index (χ1) is 16.5. The van der Waals surface area contributed by atoms with Gasteiger partial charge in [-0.25, -0.2) is 9.97 Å². The molecule has 7 nitrogen and oxygen atoms in total. The molecule has 2 aromatic heterocycles. The van der Waals surface area contributed by atoms with E-state index < -0.39 is 17.8 Å². The second-order valence-corrected chi connectivity index (χ2v) is 9.15. The molecule has 0 saturated carbocycles. The SMILES string of the molecule is CC1(C#Cc2cnc3c(c2)C2(CNC[C@@H](N)O2)c2cc(-c4cccnc4F)ccc2O3)COC1. The van der Waals surface area contributed by atoms with Crippen molar-refractivity contribution in [2.75, 3.05) is 26.3 Å². The smallest absolute Gasteiger partial charge is 0.225 e. The second-order valence-electron chi connectivity index (χ2n) is 9.15. The van der Waals surface area contributed by atoms with Gasteiger partial charge in [0, 0.05) is 42.2 Å². The molecule has 1 aromatic carbocycles. The molecular formula is C26H23FN4O3. The highest BCUT2D eigenvalue weighted by Crippen LogP contribution is 2.50. The molecule has 0 amide bonds. The Morgan fingerprint density at radius 3 is 2.82 bits per heavy atom. The van der Waals surface area contributed by atoms with Crippen molar-refractivity contribution >= 4 is 0 Å². The summed E-state index contributed by atoms with van der Waals surface area (Å²) in [7, 11) is 0. The Hall–Kier alpha value is -3.35. The van der Waals surface area contributed by atoms with Gasteiger partial charge in [-0.3, -0.25) is 0 Å². The Bertz CT molecular complexity index is 1350. The number of fused-ring (bicyclic) bond motifs is 4. The molecule has 2 fully saturated rings. The predicted molar refractivity (Wildman–Crippen MR) is 122 cm³/mol. The van der Waals surface area contributed by atoms with E-state index in [0.29, 0.717) is 49.1 Å². The minimum atomic E-state index is -0.969. The van der Waals surface area contributed by atoms with E-state index in [-0.39, 0.29) is 5.41 Å². The summed E-state index contributed by atoms with van der Waals surface area (Å²) in [4.78, 5) is 8.34. The molecule has 8 heteroatoms. The van der Waals surface area contributed by atoms with E-state index in [2.05, 4.69) is 34.0 Å². The van der Waals surface area contributed by atoms with Crippen molar-refractivity contribution in [2.45, 2.75) is 18.8 Å². The third-order valence-corrected chi connectivity index (χ3v) is 6.40. The van der Waals surface area contributed by atoms with Gasteiger partial charge in [-0.05, 0) is 42.8 Å². The maximum Gasteiger partial charge on any atom is 0.225 e. The van der Waals surface area contributed by atoms with Crippen LogP contribution >= 0.6 is 0 Å². The molecule has 3 N–H and O–H groups in total. The molecule has 5 heterocycles. The lowest BCUT2D eigenvalue weighted by Crippen LogP contribution is -2.56. The minimum absolute atomic E-state index is 0.148. The molecule has 3 aliphatic rings. The van der Waals surface area contributed by atoms with E-state index in [1.807, 2.05) is 12.1 Å². The van der Waals surface area contributed by atoms with Crippen LogP contribution in [0.4, 0.5) is 4.39 Å². The van der Waals surface area contributed by atoms with E-state index >= 15 is 0 Å². The molecular weight excluding hydrogens is 435 g/mol. The van der Waals surface area contributed by atoms with Gasteiger partial charge in [-0.1, -0.05) is 17.9 Å². The van der Waals surface area contributed by atoms with Crippen LogP contribution in [0.1, 0.15) is 23.6 Å². The fourth-order valence-electron chi connectivity index (χ4n) is 4.60. The van der Waals surface area contributed by atoms with E-state index in [1.165, 1.54) is 6.20 Å². The molecule has 0 radical (unpaired) electrons. The second kappa shape index (κ2) is 7.86. The topological polar surface area (TPSA) is 91.5 Å². The maximum atomic E-state index is 14.5. The van der Waals surface area contributed by atoms with Crippen molar-refractivity contribution in [2.24, 2.45) is 11.1 Å². The fraction of sp³-hybridized carbons (Fsp3) is 0.308. The lowest BCUT2D eigenvalue weighted by Gasteiger charge is -2.44. The number of morpholine rings is 1. The summed E-state index contributed by atoms with van der Waals surface area (Å²) in [5.74, 6) is 7.00. The standard InChI is InChI=1S/C26H23FN4O3/c1-25(14-32-15-25)7-6-16-9-20-24(31-11-16)33-21-5-4-17(18-3-2-8-30-23(18)27)10-19(21)26(20)13-29-12-22(28)34-26/h2-5,8-11,22,29H,12-15,28H2,1H3/t22-,26?/m0/s1. The number of nitrogens with one attached hydrogen (secondary N) is 1. The van der Waals surface area contributed by atoms with Crippen LogP contribution in [0.5, 0.6) is 11.6 Å². The number of halogens is 1. The lowest BCUT2D eigenvalue weighted by molar-refractivity contribution is -0.0974. The van der Waals surface area contributed by atoms with Crippen LogP contribution in [0, 0.1) is 23.2 Å². The summed E-state index contributed by atoms with van der Waals surface area (Å²) in [6, 6.07) is 10.8. The van der Waals surface area contributed by atoms with Crippen molar-refractivity contribution < 1.29 is 18.6 Å². The molecule has 2 atom stereocenters. The van der Waals surface area contributed by atoms with Gasteiger partial charge in [0.25, 0.3) is 0 Å². The van der Waals surface area contributed by atoms with Crippen molar-refractivity contribution in [3.63, 3.8) is 0 Å². The molecule has 1 spiro atoms. The Balaban J connectivity index is 1.49. The van der Waals surface area contributed by atoms with Crippen molar-refractivity contribution in [3.8, 4) is 34.6 Å². The van der Waals surface area contributed by atoms with Gasteiger partial charge in [0.1, 0.15) is 17.6 Å². The number of ether oxygens (including phenoxy) is 3.